The Morgan fingerprint density at radius 3 is 2.22 bits per heavy atom. The lowest BCUT2D eigenvalue weighted by molar-refractivity contribution is -0.118. The first-order valence-corrected chi connectivity index (χ1v) is 8.70. The number of ether oxygens (including phenoxy) is 1. The first-order chi connectivity index (χ1) is 13.0. The fourth-order valence-electron chi connectivity index (χ4n) is 3.39. The number of carbonyl (C=O) groups is 3. The minimum absolute atomic E-state index is 0.118. The summed E-state index contributed by atoms with van der Waals surface area (Å²) in [6.45, 7) is 2.64. The molecule has 1 amide bonds. The molecule has 0 bridgehead atoms. The number of anilines is 1. The van der Waals surface area contributed by atoms with E-state index in [2.05, 4.69) is 5.32 Å². The van der Waals surface area contributed by atoms with E-state index in [-0.39, 0.29) is 46.6 Å². The Kier molecular flexibility index (Phi) is 4.47. The standard InChI is InChI=1S/C20H18N2O5/c23-17-10-15-14(19(25)12-3-1-2-4-13(12)20(15)26)9-16(17)21-18(24)11-22-5-7-27-8-6-22/h1-4,9-10,23H,5-8,11H2,(H,21,24). The third-order valence-corrected chi connectivity index (χ3v) is 4.79. The van der Waals surface area contributed by atoms with Crippen LogP contribution in [-0.4, -0.2) is 60.3 Å². The first-order valence-electron chi connectivity index (χ1n) is 8.70. The maximum absolute atomic E-state index is 12.8. The minimum atomic E-state index is -0.318. The lowest BCUT2D eigenvalue weighted by Crippen LogP contribution is -2.41. The van der Waals surface area contributed by atoms with Gasteiger partial charge in [-0.15, -0.1) is 0 Å². The van der Waals surface area contributed by atoms with Gasteiger partial charge in [0.05, 0.1) is 25.4 Å². The molecule has 138 valence electrons. The number of benzene rings is 2. The van der Waals surface area contributed by atoms with E-state index in [1.807, 2.05) is 4.90 Å². The zero-order chi connectivity index (χ0) is 19.0. The van der Waals surface area contributed by atoms with Crippen LogP contribution in [0.25, 0.3) is 0 Å². The van der Waals surface area contributed by atoms with Crippen molar-refractivity contribution in [3.8, 4) is 5.75 Å². The first kappa shape index (κ1) is 17.4. The van der Waals surface area contributed by atoms with Gasteiger partial charge in [-0.1, -0.05) is 24.3 Å². The van der Waals surface area contributed by atoms with E-state index in [9.17, 15) is 19.5 Å². The topological polar surface area (TPSA) is 95.9 Å². The maximum atomic E-state index is 12.8. The molecule has 2 aromatic rings. The number of amides is 1. The number of hydrogen-bond donors (Lipinski definition) is 2. The molecule has 1 aliphatic heterocycles. The monoisotopic (exact) mass is 366 g/mol. The van der Waals surface area contributed by atoms with Crippen LogP contribution >= 0.6 is 0 Å². The van der Waals surface area contributed by atoms with Crippen molar-refractivity contribution >= 4 is 23.2 Å². The van der Waals surface area contributed by atoms with Gasteiger partial charge in [-0.2, -0.15) is 0 Å². The number of nitrogens with one attached hydrogen (secondary N) is 1. The van der Waals surface area contributed by atoms with Gasteiger partial charge in [0.1, 0.15) is 5.75 Å². The van der Waals surface area contributed by atoms with E-state index >= 15 is 0 Å². The smallest absolute Gasteiger partial charge is 0.238 e. The fraction of sp³-hybridized carbons (Fsp3) is 0.250. The highest BCUT2D eigenvalue weighted by molar-refractivity contribution is 6.29. The van der Waals surface area contributed by atoms with Crippen molar-refractivity contribution in [1.29, 1.82) is 0 Å². The number of aromatic hydroxyl groups is 1. The molecule has 0 saturated carbocycles. The van der Waals surface area contributed by atoms with Crippen LogP contribution in [-0.2, 0) is 9.53 Å². The van der Waals surface area contributed by atoms with Crippen molar-refractivity contribution < 1.29 is 24.2 Å². The third kappa shape index (κ3) is 3.22. The Balaban J connectivity index is 1.60. The number of morpholine rings is 1. The lowest BCUT2D eigenvalue weighted by Gasteiger charge is -2.26. The lowest BCUT2D eigenvalue weighted by atomic mass is 9.83. The van der Waals surface area contributed by atoms with Crippen molar-refractivity contribution in [3.05, 3.63) is 58.7 Å². The molecule has 2 aromatic carbocycles. The van der Waals surface area contributed by atoms with Crippen LogP contribution in [0.5, 0.6) is 5.75 Å². The fourth-order valence-corrected chi connectivity index (χ4v) is 3.39. The molecule has 1 heterocycles. The van der Waals surface area contributed by atoms with Crippen molar-refractivity contribution in [1.82, 2.24) is 4.90 Å². The SMILES string of the molecule is O=C(CN1CCOCC1)Nc1cc2c(cc1O)C(=O)c1ccccc1C2=O. The molecule has 0 aromatic heterocycles. The highest BCUT2D eigenvalue weighted by atomic mass is 16.5. The van der Waals surface area contributed by atoms with Gasteiger partial charge in [0.25, 0.3) is 0 Å². The molecule has 1 saturated heterocycles. The van der Waals surface area contributed by atoms with Crippen molar-refractivity contribution in [2.24, 2.45) is 0 Å². The highest BCUT2D eigenvalue weighted by Crippen LogP contribution is 2.34. The molecule has 2 N–H and O–H groups in total. The van der Waals surface area contributed by atoms with Gasteiger partial charge < -0.3 is 15.2 Å². The largest absolute Gasteiger partial charge is 0.506 e. The second-order valence-electron chi connectivity index (χ2n) is 6.56. The Hall–Kier alpha value is -3.03. The van der Waals surface area contributed by atoms with Gasteiger partial charge in [-0.05, 0) is 12.1 Å². The molecule has 27 heavy (non-hydrogen) atoms. The summed E-state index contributed by atoms with van der Waals surface area (Å²) in [4.78, 5) is 39.6. The highest BCUT2D eigenvalue weighted by Gasteiger charge is 2.30. The molecule has 0 radical (unpaired) electrons. The summed E-state index contributed by atoms with van der Waals surface area (Å²) in [6, 6.07) is 9.19. The summed E-state index contributed by atoms with van der Waals surface area (Å²) in [6.07, 6.45) is 0. The van der Waals surface area contributed by atoms with Crippen LogP contribution in [0, 0.1) is 0 Å². The number of carbonyl (C=O) groups excluding carboxylic acids is 3. The molecule has 4 rings (SSSR count). The number of hydrogen-bond acceptors (Lipinski definition) is 6. The van der Waals surface area contributed by atoms with Crippen molar-refractivity contribution in [2.75, 3.05) is 38.2 Å². The molecular weight excluding hydrogens is 348 g/mol. The van der Waals surface area contributed by atoms with Crippen LogP contribution in [0.4, 0.5) is 5.69 Å². The van der Waals surface area contributed by atoms with E-state index in [0.717, 1.165) is 0 Å². The molecule has 7 nitrogen and oxygen atoms in total. The van der Waals surface area contributed by atoms with Gasteiger partial charge in [0.2, 0.25) is 5.91 Å². The average molecular weight is 366 g/mol. The predicted molar refractivity (Wildman–Crippen MR) is 97.3 cm³/mol. The molecule has 1 fully saturated rings. The van der Waals surface area contributed by atoms with Gasteiger partial charge >= 0.3 is 0 Å². The van der Waals surface area contributed by atoms with Gasteiger partial charge in [0, 0.05) is 35.3 Å². The van der Waals surface area contributed by atoms with Crippen LogP contribution < -0.4 is 5.32 Å². The average Bonchev–Trinajstić information content (AvgIpc) is 2.68. The quantitative estimate of drug-likeness (QED) is 0.681. The van der Waals surface area contributed by atoms with Gasteiger partial charge in [0.15, 0.2) is 11.6 Å². The van der Waals surface area contributed by atoms with Crippen molar-refractivity contribution in [3.63, 3.8) is 0 Å². The summed E-state index contributed by atoms with van der Waals surface area (Å²) in [5.74, 6) is -1.17. The molecule has 0 unspecified atom stereocenters. The van der Waals surface area contributed by atoms with E-state index in [1.54, 1.807) is 24.3 Å². The normalized spacial score (nSPS) is 16.6. The van der Waals surface area contributed by atoms with Crippen LogP contribution in [0.2, 0.25) is 0 Å². The molecule has 0 spiro atoms. The third-order valence-electron chi connectivity index (χ3n) is 4.79. The number of nitrogens with zero attached hydrogens (tertiary/aromatic N) is 1. The summed E-state index contributed by atoms with van der Waals surface area (Å²) in [7, 11) is 0. The number of phenols is 1. The zero-order valence-electron chi connectivity index (χ0n) is 14.5. The number of rotatable bonds is 3. The van der Waals surface area contributed by atoms with E-state index in [4.69, 9.17) is 4.74 Å². The number of fused-ring (bicyclic) bond motifs is 2. The minimum Gasteiger partial charge on any atom is -0.506 e. The van der Waals surface area contributed by atoms with Crippen LogP contribution in [0.15, 0.2) is 36.4 Å². The zero-order valence-corrected chi connectivity index (χ0v) is 14.5. The second kappa shape index (κ2) is 6.94. The van der Waals surface area contributed by atoms with E-state index < -0.39 is 0 Å². The Morgan fingerprint density at radius 1 is 1.00 bits per heavy atom. The molecule has 0 atom stereocenters. The van der Waals surface area contributed by atoms with Crippen LogP contribution in [0.1, 0.15) is 31.8 Å². The molecule has 2 aliphatic rings. The summed E-state index contributed by atoms with van der Waals surface area (Å²) >= 11 is 0. The Labute approximate surface area is 155 Å². The summed E-state index contributed by atoms with van der Waals surface area (Å²) < 4.78 is 5.25. The Morgan fingerprint density at radius 2 is 1.59 bits per heavy atom. The van der Waals surface area contributed by atoms with E-state index in [0.29, 0.717) is 37.4 Å². The number of ketones is 2. The summed E-state index contributed by atoms with van der Waals surface area (Å²) in [5.41, 5.74) is 1.08. The van der Waals surface area contributed by atoms with E-state index in [1.165, 1.54) is 12.1 Å². The summed E-state index contributed by atoms with van der Waals surface area (Å²) in [5, 5.41) is 12.9. The van der Waals surface area contributed by atoms with Crippen LogP contribution in [0.3, 0.4) is 0 Å². The maximum Gasteiger partial charge on any atom is 0.238 e. The predicted octanol–water partition coefficient (Wildman–Crippen LogP) is 1.44. The molecule has 7 heteroatoms. The number of phenolic OH excluding ortho intramolecular Hbond substituents is 1. The van der Waals surface area contributed by atoms with Gasteiger partial charge in [-0.25, -0.2) is 0 Å². The molecule has 1 aliphatic carbocycles. The van der Waals surface area contributed by atoms with Gasteiger partial charge in [-0.3, -0.25) is 19.3 Å². The second-order valence-corrected chi connectivity index (χ2v) is 6.56. The van der Waals surface area contributed by atoms with Crippen molar-refractivity contribution in [2.45, 2.75) is 0 Å². The Bertz CT molecular complexity index is 947. The molecular formula is C20H18N2O5.